The second-order valence-corrected chi connectivity index (χ2v) is 9.84. The molecule has 2 aromatic carbocycles. The predicted molar refractivity (Wildman–Crippen MR) is 138 cm³/mol. The van der Waals surface area contributed by atoms with Crippen molar-refractivity contribution in [2.24, 2.45) is 0 Å². The number of nitrogens with one attached hydrogen (secondary N) is 1. The number of imide groups is 1. The average Bonchev–Trinajstić information content (AvgIpc) is 3.40. The van der Waals surface area contributed by atoms with E-state index < -0.39 is 17.5 Å². The summed E-state index contributed by atoms with van der Waals surface area (Å²) >= 11 is 6.61. The molecule has 2 aliphatic heterocycles. The molecule has 3 amide bonds. The Morgan fingerprint density at radius 1 is 1.14 bits per heavy atom. The number of fused-ring (bicyclic) bond motifs is 1. The summed E-state index contributed by atoms with van der Waals surface area (Å²) in [5.41, 5.74) is 2.75. The largest absolute Gasteiger partial charge is 0.497 e. The number of hydrogen-bond donors (Lipinski definition) is 2. The number of amides is 3. The zero-order chi connectivity index (χ0) is 25.8. The molecule has 1 unspecified atom stereocenters. The number of ether oxygens (including phenoxy) is 1. The van der Waals surface area contributed by atoms with Gasteiger partial charge in [-0.3, -0.25) is 24.4 Å². The lowest BCUT2D eigenvalue weighted by atomic mass is 9.73. The normalized spacial score (nSPS) is 17.8. The highest BCUT2D eigenvalue weighted by atomic mass is 35.5. The number of carbonyl (C=O) groups excluding carboxylic acids is 3. The third-order valence-electron chi connectivity index (χ3n) is 6.55. The second kappa shape index (κ2) is 8.83. The maximum atomic E-state index is 13.1. The summed E-state index contributed by atoms with van der Waals surface area (Å²) in [6.45, 7) is 0.256. The predicted octanol–water partition coefficient (Wildman–Crippen LogP) is 0.466. The topological polar surface area (TPSA) is 114 Å². The fourth-order valence-corrected chi connectivity index (χ4v) is 5.05. The molecule has 1 fully saturated rings. The van der Waals surface area contributed by atoms with Gasteiger partial charge < -0.3 is 14.7 Å². The van der Waals surface area contributed by atoms with Gasteiger partial charge in [-0.1, -0.05) is 17.7 Å². The molecule has 1 atom stereocenters. The van der Waals surface area contributed by atoms with Crippen molar-refractivity contribution in [2.75, 3.05) is 7.11 Å². The number of halogens is 1. The highest BCUT2D eigenvalue weighted by Gasteiger charge is 2.39. The number of benzene rings is 2. The summed E-state index contributed by atoms with van der Waals surface area (Å²) in [5, 5.41) is 18.0. The molecule has 1 saturated heterocycles. The monoisotopic (exact) mass is 504 g/mol. The fraction of sp³-hybridized carbons (Fsp3) is 0.250. The SMILES string of the molecule is BC(B)(O)n1ncc(-c2ccc3c(c2)CN(C2CCC(=O)NC2=O)C3=O)c1-c1ccc(OC)cc1Cl. The molecule has 182 valence electrons. The van der Waals surface area contributed by atoms with Gasteiger partial charge in [-0.25, -0.2) is 0 Å². The van der Waals surface area contributed by atoms with Crippen LogP contribution in [0.4, 0.5) is 0 Å². The number of piperidine rings is 1. The molecular formula is C24H23B2ClN4O5. The van der Waals surface area contributed by atoms with Crippen LogP contribution in [0.3, 0.4) is 0 Å². The maximum Gasteiger partial charge on any atom is 0.255 e. The van der Waals surface area contributed by atoms with E-state index in [9.17, 15) is 19.5 Å². The highest BCUT2D eigenvalue weighted by molar-refractivity contribution is 6.36. The van der Waals surface area contributed by atoms with E-state index in [1.54, 1.807) is 47.2 Å². The number of methoxy groups -OCH3 is 1. The van der Waals surface area contributed by atoms with Gasteiger partial charge in [0.1, 0.15) is 11.8 Å². The molecule has 1 aromatic heterocycles. The lowest BCUT2D eigenvalue weighted by Crippen LogP contribution is -2.52. The van der Waals surface area contributed by atoms with Gasteiger partial charge in [0, 0.05) is 29.7 Å². The summed E-state index contributed by atoms with van der Waals surface area (Å²) in [5.74, 6) is -0.410. The number of carbonyl (C=O) groups is 3. The van der Waals surface area contributed by atoms with Gasteiger partial charge in [0.15, 0.2) is 15.7 Å². The second-order valence-electron chi connectivity index (χ2n) is 9.43. The molecule has 0 saturated carbocycles. The fourth-order valence-electron chi connectivity index (χ4n) is 4.79. The van der Waals surface area contributed by atoms with E-state index in [4.69, 9.17) is 16.3 Å². The first kappa shape index (κ1) is 24.1. The average molecular weight is 505 g/mol. The summed E-state index contributed by atoms with van der Waals surface area (Å²) in [6, 6.07) is 10.1. The van der Waals surface area contributed by atoms with Crippen molar-refractivity contribution in [2.45, 2.75) is 31.0 Å². The molecule has 36 heavy (non-hydrogen) atoms. The van der Waals surface area contributed by atoms with Crippen molar-refractivity contribution in [3.05, 3.63) is 58.7 Å². The molecule has 5 rings (SSSR count). The molecule has 2 N–H and O–H groups in total. The highest BCUT2D eigenvalue weighted by Crippen LogP contribution is 2.40. The van der Waals surface area contributed by atoms with Gasteiger partial charge >= 0.3 is 0 Å². The molecule has 0 radical (unpaired) electrons. The summed E-state index contributed by atoms with van der Waals surface area (Å²) in [4.78, 5) is 38.5. The van der Waals surface area contributed by atoms with Gasteiger partial charge in [-0.15, -0.1) is 0 Å². The van der Waals surface area contributed by atoms with Crippen LogP contribution in [0.15, 0.2) is 42.6 Å². The summed E-state index contributed by atoms with van der Waals surface area (Å²) < 4.78 is 6.78. The molecule has 0 aliphatic carbocycles. The van der Waals surface area contributed by atoms with Crippen LogP contribution in [0.2, 0.25) is 5.02 Å². The van der Waals surface area contributed by atoms with Crippen molar-refractivity contribution >= 4 is 45.0 Å². The van der Waals surface area contributed by atoms with E-state index in [1.807, 2.05) is 18.2 Å². The quantitative estimate of drug-likeness (QED) is 0.386. The van der Waals surface area contributed by atoms with E-state index in [0.29, 0.717) is 34.0 Å². The first-order valence-electron chi connectivity index (χ1n) is 11.5. The lowest BCUT2D eigenvalue weighted by Gasteiger charge is -2.29. The Bertz CT molecular complexity index is 1420. The standard InChI is InChI=1S/C24H23B2ClN4O5/c1-36-14-3-5-16(18(27)9-14)21-17(10-28-31(21)24(25,26)35)12-2-4-15-13(8-12)11-30(23(15)34)19-6-7-20(32)29-22(19)33/h2-5,8-10,19,35H,6-7,11,25-26H2,1H3,(H,29,32,33). The minimum Gasteiger partial charge on any atom is -0.497 e. The third-order valence-corrected chi connectivity index (χ3v) is 6.87. The number of rotatable bonds is 5. The van der Waals surface area contributed by atoms with Gasteiger partial charge in [-0.05, 0) is 47.9 Å². The van der Waals surface area contributed by atoms with E-state index in [1.165, 1.54) is 9.58 Å². The van der Waals surface area contributed by atoms with E-state index in [0.717, 1.165) is 16.7 Å². The first-order chi connectivity index (χ1) is 17.1. The number of aromatic nitrogens is 2. The molecular weight excluding hydrogens is 481 g/mol. The summed E-state index contributed by atoms with van der Waals surface area (Å²) in [7, 11) is 4.82. The van der Waals surface area contributed by atoms with Gasteiger partial charge in [0.05, 0.1) is 29.5 Å². The molecule has 0 bridgehead atoms. The van der Waals surface area contributed by atoms with Crippen LogP contribution in [-0.2, 0) is 21.7 Å². The molecule has 3 heterocycles. The van der Waals surface area contributed by atoms with Crippen LogP contribution < -0.4 is 10.1 Å². The minimum atomic E-state index is -1.31. The van der Waals surface area contributed by atoms with Crippen LogP contribution in [0, 0.1) is 0 Å². The van der Waals surface area contributed by atoms with E-state index in [-0.39, 0.29) is 24.8 Å². The van der Waals surface area contributed by atoms with Crippen molar-refractivity contribution in [3.8, 4) is 28.1 Å². The van der Waals surface area contributed by atoms with Crippen molar-refractivity contribution in [1.82, 2.24) is 20.0 Å². The van der Waals surface area contributed by atoms with Crippen molar-refractivity contribution in [3.63, 3.8) is 0 Å². The van der Waals surface area contributed by atoms with Crippen LogP contribution in [0.25, 0.3) is 22.4 Å². The maximum absolute atomic E-state index is 13.1. The zero-order valence-electron chi connectivity index (χ0n) is 20.0. The third kappa shape index (κ3) is 4.08. The zero-order valence-corrected chi connectivity index (χ0v) is 20.8. The van der Waals surface area contributed by atoms with E-state index >= 15 is 0 Å². The molecule has 2 aliphatic rings. The van der Waals surface area contributed by atoms with Crippen LogP contribution in [0.1, 0.15) is 28.8 Å². The van der Waals surface area contributed by atoms with Gasteiger partial charge in [-0.2, -0.15) is 5.10 Å². The molecule has 3 aromatic rings. The van der Waals surface area contributed by atoms with Crippen LogP contribution >= 0.6 is 11.6 Å². The van der Waals surface area contributed by atoms with Crippen LogP contribution in [-0.4, -0.2) is 66.4 Å². The molecule has 12 heteroatoms. The minimum absolute atomic E-state index is 0.198. The smallest absolute Gasteiger partial charge is 0.255 e. The van der Waals surface area contributed by atoms with Crippen molar-refractivity contribution < 1.29 is 24.2 Å². The Morgan fingerprint density at radius 3 is 2.56 bits per heavy atom. The van der Waals surface area contributed by atoms with Gasteiger partial charge in [0.2, 0.25) is 11.8 Å². The van der Waals surface area contributed by atoms with Crippen molar-refractivity contribution in [1.29, 1.82) is 0 Å². The number of aliphatic hydroxyl groups is 1. The summed E-state index contributed by atoms with van der Waals surface area (Å²) in [6.07, 6.45) is 2.16. The number of nitrogens with zero attached hydrogens (tertiary/aromatic N) is 3. The van der Waals surface area contributed by atoms with Gasteiger partial charge in [0.25, 0.3) is 5.91 Å². The lowest BCUT2D eigenvalue weighted by molar-refractivity contribution is -0.136. The Hall–Kier alpha value is -3.56. The number of hydrogen-bond acceptors (Lipinski definition) is 6. The van der Waals surface area contributed by atoms with E-state index in [2.05, 4.69) is 10.4 Å². The Kier molecular flexibility index (Phi) is 5.92. The Balaban J connectivity index is 1.56. The first-order valence-corrected chi connectivity index (χ1v) is 11.9. The Labute approximate surface area is 214 Å². The Morgan fingerprint density at radius 2 is 1.89 bits per heavy atom. The van der Waals surface area contributed by atoms with Crippen LogP contribution in [0.5, 0.6) is 5.75 Å². The molecule has 0 spiro atoms. The molecule has 9 nitrogen and oxygen atoms in total.